The molecule has 3 nitrogen and oxygen atoms in total. The fourth-order valence-corrected chi connectivity index (χ4v) is 2.30. The maximum absolute atomic E-state index is 11.2. The largest absolute Gasteiger partial charge is 0.377 e. The first-order valence-electron chi connectivity index (χ1n) is 5.71. The summed E-state index contributed by atoms with van der Waals surface area (Å²) >= 11 is 0. The summed E-state index contributed by atoms with van der Waals surface area (Å²) < 4.78 is 5.52. The van der Waals surface area contributed by atoms with Crippen LogP contribution in [0.2, 0.25) is 0 Å². The van der Waals surface area contributed by atoms with E-state index < -0.39 is 0 Å². The zero-order valence-corrected chi connectivity index (χ0v) is 8.63. The van der Waals surface area contributed by atoms with E-state index in [4.69, 9.17) is 4.74 Å². The van der Waals surface area contributed by atoms with Crippen LogP contribution in [0.4, 0.5) is 0 Å². The first kappa shape index (κ1) is 10.1. The molecular formula is C11H19NO2. The maximum atomic E-state index is 11.2. The number of ketones is 1. The standard InChI is InChI=1S/C11H19NO2/c13-10-4-1-3-9(7-10)12-8-11-5-2-6-14-11/h9,11-12H,1-8H2. The second kappa shape index (κ2) is 4.89. The highest BCUT2D eigenvalue weighted by molar-refractivity contribution is 5.79. The van der Waals surface area contributed by atoms with E-state index in [2.05, 4.69) is 5.32 Å². The minimum absolute atomic E-state index is 0.395. The molecule has 3 heteroatoms. The van der Waals surface area contributed by atoms with E-state index in [0.717, 1.165) is 38.8 Å². The van der Waals surface area contributed by atoms with Crippen LogP contribution in [0, 0.1) is 0 Å². The summed E-state index contributed by atoms with van der Waals surface area (Å²) in [6.45, 7) is 1.84. The summed E-state index contributed by atoms with van der Waals surface area (Å²) in [6.07, 6.45) is 6.49. The molecule has 0 aromatic carbocycles. The molecule has 2 atom stereocenters. The average Bonchev–Trinajstić information content (AvgIpc) is 2.67. The minimum atomic E-state index is 0.395. The number of hydrogen-bond acceptors (Lipinski definition) is 3. The van der Waals surface area contributed by atoms with Crippen molar-refractivity contribution in [2.45, 2.75) is 50.7 Å². The van der Waals surface area contributed by atoms with E-state index in [9.17, 15) is 4.79 Å². The van der Waals surface area contributed by atoms with Crippen molar-refractivity contribution in [1.29, 1.82) is 0 Å². The Morgan fingerprint density at radius 2 is 2.29 bits per heavy atom. The van der Waals surface area contributed by atoms with Gasteiger partial charge in [0.2, 0.25) is 0 Å². The number of Topliss-reactive ketones (excluding diaryl/α,β-unsaturated/α-hetero) is 1. The van der Waals surface area contributed by atoms with Crippen molar-refractivity contribution in [2.75, 3.05) is 13.2 Å². The Morgan fingerprint density at radius 1 is 1.36 bits per heavy atom. The lowest BCUT2D eigenvalue weighted by molar-refractivity contribution is -0.120. The number of carbonyl (C=O) groups excluding carboxylic acids is 1. The van der Waals surface area contributed by atoms with Crippen molar-refractivity contribution < 1.29 is 9.53 Å². The number of rotatable bonds is 3. The molecule has 80 valence electrons. The molecule has 0 aromatic rings. The molecule has 1 heterocycles. The van der Waals surface area contributed by atoms with Crippen molar-refractivity contribution in [3.63, 3.8) is 0 Å². The van der Waals surface area contributed by atoms with E-state index in [1.807, 2.05) is 0 Å². The molecular weight excluding hydrogens is 178 g/mol. The van der Waals surface area contributed by atoms with Gasteiger partial charge < -0.3 is 10.1 Å². The molecule has 1 aliphatic carbocycles. The maximum Gasteiger partial charge on any atom is 0.134 e. The van der Waals surface area contributed by atoms with Crippen molar-refractivity contribution in [1.82, 2.24) is 5.32 Å². The highest BCUT2D eigenvalue weighted by Gasteiger charge is 2.21. The highest BCUT2D eigenvalue weighted by Crippen LogP contribution is 2.16. The lowest BCUT2D eigenvalue weighted by atomic mass is 9.94. The molecule has 0 aromatic heterocycles. The van der Waals surface area contributed by atoms with E-state index >= 15 is 0 Å². The van der Waals surface area contributed by atoms with Gasteiger partial charge in [0.1, 0.15) is 5.78 Å². The van der Waals surface area contributed by atoms with Gasteiger partial charge in [0.05, 0.1) is 6.10 Å². The van der Waals surface area contributed by atoms with E-state index in [1.165, 1.54) is 12.8 Å². The van der Waals surface area contributed by atoms with Gasteiger partial charge in [0.25, 0.3) is 0 Å². The van der Waals surface area contributed by atoms with Gasteiger partial charge in [-0.05, 0) is 25.7 Å². The topological polar surface area (TPSA) is 38.3 Å². The molecule has 0 bridgehead atoms. The summed E-state index contributed by atoms with van der Waals surface area (Å²) in [5.41, 5.74) is 0. The molecule has 14 heavy (non-hydrogen) atoms. The summed E-state index contributed by atoms with van der Waals surface area (Å²) in [5, 5.41) is 3.45. The summed E-state index contributed by atoms with van der Waals surface area (Å²) in [7, 11) is 0. The van der Waals surface area contributed by atoms with Crippen molar-refractivity contribution in [3.05, 3.63) is 0 Å². The first-order chi connectivity index (χ1) is 6.84. The fraction of sp³-hybridized carbons (Fsp3) is 0.909. The molecule has 2 unspecified atom stereocenters. The van der Waals surface area contributed by atoms with E-state index in [1.54, 1.807) is 0 Å². The predicted molar refractivity (Wildman–Crippen MR) is 54.2 cm³/mol. The lowest BCUT2D eigenvalue weighted by Gasteiger charge is -2.23. The Labute approximate surface area is 85.2 Å². The Kier molecular flexibility index (Phi) is 3.54. The molecule has 0 spiro atoms. The van der Waals surface area contributed by atoms with Gasteiger partial charge in [-0.1, -0.05) is 0 Å². The third-order valence-electron chi connectivity index (χ3n) is 3.14. The van der Waals surface area contributed by atoms with Crippen LogP contribution >= 0.6 is 0 Å². The minimum Gasteiger partial charge on any atom is -0.377 e. The highest BCUT2D eigenvalue weighted by atomic mass is 16.5. The zero-order valence-electron chi connectivity index (χ0n) is 8.63. The zero-order chi connectivity index (χ0) is 9.80. The third kappa shape index (κ3) is 2.79. The summed E-state index contributed by atoms with van der Waals surface area (Å²) in [5.74, 6) is 0.418. The number of hydrogen-bond donors (Lipinski definition) is 1. The summed E-state index contributed by atoms with van der Waals surface area (Å²) in [4.78, 5) is 11.2. The van der Waals surface area contributed by atoms with Crippen molar-refractivity contribution in [3.8, 4) is 0 Å². The van der Waals surface area contributed by atoms with Crippen molar-refractivity contribution >= 4 is 5.78 Å². The van der Waals surface area contributed by atoms with Gasteiger partial charge >= 0.3 is 0 Å². The second-order valence-corrected chi connectivity index (χ2v) is 4.38. The third-order valence-corrected chi connectivity index (χ3v) is 3.14. The van der Waals surface area contributed by atoms with Crippen LogP contribution in [-0.2, 0) is 9.53 Å². The van der Waals surface area contributed by atoms with Crippen LogP contribution < -0.4 is 5.32 Å². The van der Waals surface area contributed by atoms with Crippen LogP contribution in [0.3, 0.4) is 0 Å². The van der Waals surface area contributed by atoms with Crippen molar-refractivity contribution in [2.24, 2.45) is 0 Å². The quantitative estimate of drug-likeness (QED) is 0.740. The first-order valence-corrected chi connectivity index (χ1v) is 5.71. The SMILES string of the molecule is O=C1CCCC(NCC2CCCO2)C1. The second-order valence-electron chi connectivity index (χ2n) is 4.38. The molecule has 2 rings (SSSR count). The monoisotopic (exact) mass is 197 g/mol. The molecule has 2 fully saturated rings. The molecule has 1 N–H and O–H groups in total. The predicted octanol–water partition coefficient (Wildman–Crippen LogP) is 1.27. The molecule has 2 aliphatic rings. The van der Waals surface area contributed by atoms with Crippen LogP contribution in [0.5, 0.6) is 0 Å². The molecule has 1 aliphatic heterocycles. The van der Waals surface area contributed by atoms with E-state index in [0.29, 0.717) is 17.9 Å². The lowest BCUT2D eigenvalue weighted by Crippen LogP contribution is -2.38. The smallest absolute Gasteiger partial charge is 0.134 e. The molecule has 0 radical (unpaired) electrons. The number of carbonyl (C=O) groups is 1. The van der Waals surface area contributed by atoms with Crippen LogP contribution in [-0.4, -0.2) is 31.1 Å². The Hall–Kier alpha value is -0.410. The normalized spacial score (nSPS) is 33.6. The average molecular weight is 197 g/mol. The van der Waals surface area contributed by atoms with Crippen LogP contribution in [0.15, 0.2) is 0 Å². The Morgan fingerprint density at radius 3 is 3.00 bits per heavy atom. The Bertz CT molecular complexity index is 199. The van der Waals surface area contributed by atoms with Gasteiger partial charge in [-0.2, -0.15) is 0 Å². The molecule has 1 saturated carbocycles. The van der Waals surface area contributed by atoms with Crippen LogP contribution in [0.1, 0.15) is 38.5 Å². The van der Waals surface area contributed by atoms with Gasteiger partial charge in [0.15, 0.2) is 0 Å². The van der Waals surface area contributed by atoms with Gasteiger partial charge in [-0.15, -0.1) is 0 Å². The van der Waals surface area contributed by atoms with E-state index in [-0.39, 0.29) is 0 Å². The van der Waals surface area contributed by atoms with Crippen LogP contribution in [0.25, 0.3) is 0 Å². The fourth-order valence-electron chi connectivity index (χ4n) is 2.30. The van der Waals surface area contributed by atoms with Gasteiger partial charge in [-0.3, -0.25) is 4.79 Å². The molecule has 1 saturated heterocycles. The van der Waals surface area contributed by atoms with Gasteiger partial charge in [-0.25, -0.2) is 0 Å². The molecule has 0 amide bonds. The summed E-state index contributed by atoms with van der Waals surface area (Å²) in [6, 6.07) is 0.417. The number of nitrogens with one attached hydrogen (secondary N) is 1. The number of ether oxygens (including phenoxy) is 1. The Balaban J connectivity index is 1.66. The van der Waals surface area contributed by atoms with Gasteiger partial charge in [0, 0.05) is 32.0 Å².